The second-order valence-electron chi connectivity index (χ2n) is 8.90. The number of piperazine rings is 1. The monoisotopic (exact) mass is 451 g/mol. The molecule has 0 radical (unpaired) electrons. The van der Waals surface area contributed by atoms with Gasteiger partial charge in [0.15, 0.2) is 0 Å². The van der Waals surface area contributed by atoms with Crippen molar-refractivity contribution in [1.82, 2.24) is 15.1 Å². The van der Waals surface area contributed by atoms with Crippen molar-refractivity contribution in [3.63, 3.8) is 0 Å². The normalized spacial score (nSPS) is 22.0. The largest absolute Gasteiger partial charge is 0.492 e. The third-order valence-corrected chi connectivity index (χ3v) is 6.76. The van der Waals surface area contributed by atoms with Gasteiger partial charge in [-0.25, -0.2) is 0 Å². The molecule has 0 spiro atoms. The SMILES string of the molecule is CC(=O)N1CCN(CCOc2ccc3cc4occ([C@@H]5CCC(O)NC5=O)c4cc3c2)CC1. The number of amides is 2. The second-order valence-corrected chi connectivity index (χ2v) is 8.90. The molecule has 3 aromatic rings. The van der Waals surface area contributed by atoms with Crippen molar-refractivity contribution in [2.45, 2.75) is 31.9 Å². The van der Waals surface area contributed by atoms with Crippen LogP contribution < -0.4 is 10.1 Å². The van der Waals surface area contributed by atoms with Crippen molar-refractivity contribution in [2.75, 3.05) is 39.3 Å². The lowest BCUT2D eigenvalue weighted by atomic mass is 9.89. The standard InChI is InChI=1S/C25H29N3O5/c1-16(29)28-8-6-27(7-9-28)10-11-32-19-3-2-17-14-23-21(13-18(17)12-19)22(15-33-23)20-4-5-24(30)26-25(20)31/h2-3,12-15,20,24,30H,4-11H2,1H3,(H,26,31)/t20-,24?/m0/s1. The fourth-order valence-electron chi connectivity index (χ4n) is 4.80. The second kappa shape index (κ2) is 9.03. The summed E-state index contributed by atoms with van der Waals surface area (Å²) in [6, 6.07) is 10.0. The van der Waals surface area contributed by atoms with E-state index in [1.54, 1.807) is 13.2 Å². The molecule has 2 aromatic carbocycles. The lowest BCUT2D eigenvalue weighted by Gasteiger charge is -2.34. The van der Waals surface area contributed by atoms with E-state index in [4.69, 9.17) is 9.15 Å². The zero-order valence-electron chi connectivity index (χ0n) is 18.8. The highest BCUT2D eigenvalue weighted by atomic mass is 16.5. The van der Waals surface area contributed by atoms with E-state index in [9.17, 15) is 14.7 Å². The van der Waals surface area contributed by atoms with E-state index in [1.807, 2.05) is 29.2 Å². The number of aliphatic hydroxyl groups excluding tert-OH is 1. The molecule has 8 nitrogen and oxygen atoms in total. The van der Waals surface area contributed by atoms with Crippen molar-refractivity contribution < 1.29 is 23.8 Å². The quantitative estimate of drug-likeness (QED) is 0.619. The number of rotatable bonds is 5. The summed E-state index contributed by atoms with van der Waals surface area (Å²) in [5.74, 6) is 0.444. The summed E-state index contributed by atoms with van der Waals surface area (Å²) in [5.41, 5.74) is 1.60. The lowest BCUT2D eigenvalue weighted by Crippen LogP contribution is -2.48. The van der Waals surface area contributed by atoms with Crippen LogP contribution in [0.3, 0.4) is 0 Å². The van der Waals surface area contributed by atoms with E-state index in [0.29, 0.717) is 19.4 Å². The fraction of sp³-hybridized carbons (Fsp3) is 0.440. The molecule has 0 bridgehead atoms. The van der Waals surface area contributed by atoms with Gasteiger partial charge in [-0.3, -0.25) is 14.5 Å². The first-order chi connectivity index (χ1) is 16.0. The summed E-state index contributed by atoms with van der Waals surface area (Å²) >= 11 is 0. The minimum atomic E-state index is -0.773. The first-order valence-electron chi connectivity index (χ1n) is 11.5. The van der Waals surface area contributed by atoms with Gasteiger partial charge in [0.25, 0.3) is 0 Å². The zero-order valence-corrected chi connectivity index (χ0v) is 18.8. The molecule has 0 aliphatic carbocycles. The van der Waals surface area contributed by atoms with Gasteiger partial charge in [0.1, 0.15) is 24.2 Å². The molecule has 5 rings (SSSR count). The number of piperidine rings is 1. The highest BCUT2D eigenvalue weighted by Crippen LogP contribution is 2.35. The Morgan fingerprint density at radius 1 is 1.15 bits per heavy atom. The molecule has 3 heterocycles. The highest BCUT2D eigenvalue weighted by Gasteiger charge is 2.30. The van der Waals surface area contributed by atoms with Gasteiger partial charge in [-0.2, -0.15) is 0 Å². The minimum Gasteiger partial charge on any atom is -0.492 e. The maximum Gasteiger partial charge on any atom is 0.229 e. The molecule has 2 amide bonds. The zero-order chi connectivity index (χ0) is 22.9. The number of benzene rings is 2. The van der Waals surface area contributed by atoms with Crippen LogP contribution in [0.15, 0.2) is 41.0 Å². The van der Waals surface area contributed by atoms with Crippen molar-refractivity contribution >= 4 is 33.6 Å². The van der Waals surface area contributed by atoms with Crippen molar-refractivity contribution in [3.05, 3.63) is 42.2 Å². The van der Waals surface area contributed by atoms with E-state index in [2.05, 4.69) is 16.3 Å². The summed E-state index contributed by atoms with van der Waals surface area (Å²) in [6.45, 7) is 6.29. The van der Waals surface area contributed by atoms with Crippen LogP contribution in [0.1, 0.15) is 31.2 Å². The molecule has 2 fully saturated rings. The smallest absolute Gasteiger partial charge is 0.229 e. The number of nitrogens with one attached hydrogen (secondary N) is 1. The molecule has 1 unspecified atom stereocenters. The number of carbonyl (C=O) groups is 2. The number of fused-ring (bicyclic) bond motifs is 2. The van der Waals surface area contributed by atoms with Crippen molar-refractivity contribution in [3.8, 4) is 5.75 Å². The molecule has 2 N–H and O–H groups in total. The number of carbonyl (C=O) groups excluding carboxylic acids is 2. The molecule has 0 saturated carbocycles. The molecule has 33 heavy (non-hydrogen) atoms. The summed E-state index contributed by atoms with van der Waals surface area (Å²) in [4.78, 5) is 28.1. The highest BCUT2D eigenvalue weighted by molar-refractivity contribution is 6.00. The Morgan fingerprint density at radius 2 is 1.97 bits per heavy atom. The average molecular weight is 452 g/mol. The van der Waals surface area contributed by atoms with E-state index in [1.165, 1.54) is 0 Å². The first kappa shape index (κ1) is 21.7. The summed E-state index contributed by atoms with van der Waals surface area (Å²) in [5, 5.41) is 15.3. The topological polar surface area (TPSA) is 95.2 Å². The van der Waals surface area contributed by atoms with Gasteiger partial charge in [-0.1, -0.05) is 6.07 Å². The summed E-state index contributed by atoms with van der Waals surface area (Å²) < 4.78 is 11.8. The van der Waals surface area contributed by atoms with Crippen LogP contribution in [0.25, 0.3) is 21.7 Å². The van der Waals surface area contributed by atoms with Gasteiger partial charge in [-0.15, -0.1) is 0 Å². The maximum atomic E-state index is 12.4. The predicted octanol–water partition coefficient (Wildman–Crippen LogP) is 2.44. The molecular formula is C25H29N3O5. The van der Waals surface area contributed by atoms with Crippen LogP contribution in [0.4, 0.5) is 0 Å². The molecule has 1 aromatic heterocycles. The first-order valence-corrected chi connectivity index (χ1v) is 11.5. The molecule has 2 aliphatic rings. The number of hydrogen-bond acceptors (Lipinski definition) is 6. The van der Waals surface area contributed by atoms with Crippen LogP contribution in [0, 0.1) is 0 Å². The maximum absolute atomic E-state index is 12.4. The fourth-order valence-corrected chi connectivity index (χ4v) is 4.80. The third kappa shape index (κ3) is 4.54. The van der Waals surface area contributed by atoms with Gasteiger partial charge >= 0.3 is 0 Å². The molecule has 2 saturated heterocycles. The lowest BCUT2D eigenvalue weighted by molar-refractivity contribution is -0.130. The van der Waals surface area contributed by atoms with Gasteiger partial charge < -0.3 is 24.5 Å². The van der Waals surface area contributed by atoms with Crippen LogP contribution in [-0.4, -0.2) is 72.3 Å². The van der Waals surface area contributed by atoms with E-state index in [0.717, 1.165) is 65.8 Å². The number of furan rings is 1. The average Bonchev–Trinajstić information content (AvgIpc) is 3.20. The number of aliphatic hydroxyl groups is 1. The van der Waals surface area contributed by atoms with Crippen molar-refractivity contribution in [2.24, 2.45) is 0 Å². The van der Waals surface area contributed by atoms with Gasteiger partial charge in [0.05, 0.1) is 12.2 Å². The van der Waals surface area contributed by atoms with E-state index >= 15 is 0 Å². The van der Waals surface area contributed by atoms with Crippen LogP contribution in [0.2, 0.25) is 0 Å². The van der Waals surface area contributed by atoms with Gasteiger partial charge in [-0.05, 0) is 47.9 Å². The third-order valence-electron chi connectivity index (χ3n) is 6.76. The minimum absolute atomic E-state index is 0.138. The van der Waals surface area contributed by atoms with Crippen LogP contribution in [0.5, 0.6) is 5.75 Å². The summed E-state index contributed by atoms with van der Waals surface area (Å²) in [6.07, 6.45) is 2.00. The Bertz CT molecular complexity index is 1180. The van der Waals surface area contributed by atoms with E-state index < -0.39 is 6.23 Å². The Kier molecular flexibility index (Phi) is 5.95. The molecule has 2 aliphatic heterocycles. The number of ether oxygens (including phenoxy) is 1. The van der Waals surface area contributed by atoms with Gasteiger partial charge in [0.2, 0.25) is 11.8 Å². The Hall–Kier alpha value is -3.10. The Labute approximate surface area is 192 Å². The summed E-state index contributed by atoms with van der Waals surface area (Å²) in [7, 11) is 0. The van der Waals surface area contributed by atoms with E-state index in [-0.39, 0.29) is 17.7 Å². The molecule has 2 atom stereocenters. The Morgan fingerprint density at radius 3 is 2.73 bits per heavy atom. The van der Waals surface area contributed by atoms with Gasteiger partial charge in [0, 0.05) is 50.6 Å². The molecule has 174 valence electrons. The number of hydrogen-bond donors (Lipinski definition) is 2. The molecular weight excluding hydrogens is 422 g/mol. The predicted molar refractivity (Wildman–Crippen MR) is 124 cm³/mol. The Balaban J connectivity index is 1.28. The van der Waals surface area contributed by atoms with Crippen LogP contribution >= 0.6 is 0 Å². The van der Waals surface area contributed by atoms with Crippen LogP contribution in [-0.2, 0) is 9.59 Å². The molecule has 8 heteroatoms. The van der Waals surface area contributed by atoms with Crippen molar-refractivity contribution in [1.29, 1.82) is 0 Å². The number of nitrogens with zero attached hydrogens (tertiary/aromatic N) is 2.